The Hall–Kier alpha value is -1.55. The zero-order valence-corrected chi connectivity index (χ0v) is 9.17. The summed E-state index contributed by atoms with van der Waals surface area (Å²) in [6, 6.07) is 5.26. The molecule has 0 aliphatic heterocycles. The van der Waals surface area contributed by atoms with Gasteiger partial charge in [0.15, 0.2) is 0 Å². The highest BCUT2D eigenvalue weighted by atomic mass is 35.5. The van der Waals surface area contributed by atoms with Crippen LogP contribution in [0.5, 0.6) is 0 Å². The van der Waals surface area contributed by atoms with Gasteiger partial charge < -0.3 is 9.88 Å². The molecule has 15 heavy (non-hydrogen) atoms. The van der Waals surface area contributed by atoms with E-state index in [1.165, 1.54) is 4.90 Å². The van der Waals surface area contributed by atoms with Crippen LogP contribution in [-0.4, -0.2) is 34.9 Å². The van der Waals surface area contributed by atoms with E-state index >= 15 is 0 Å². The van der Waals surface area contributed by atoms with Crippen molar-refractivity contribution >= 4 is 28.5 Å². The lowest BCUT2D eigenvalue weighted by Gasteiger charge is -2.09. The van der Waals surface area contributed by atoms with Crippen molar-refractivity contribution in [3.63, 3.8) is 0 Å². The number of halogens is 1. The van der Waals surface area contributed by atoms with Crippen molar-refractivity contribution in [2.75, 3.05) is 14.1 Å². The highest BCUT2D eigenvalue weighted by molar-refractivity contribution is 6.29. The Morgan fingerprint density at radius 1 is 1.47 bits per heavy atom. The van der Waals surface area contributed by atoms with Gasteiger partial charge in [-0.05, 0) is 29.8 Å². The number of carbonyl (C=O) groups is 1. The van der Waals surface area contributed by atoms with Gasteiger partial charge in [-0.15, -0.1) is 0 Å². The summed E-state index contributed by atoms with van der Waals surface area (Å²) in [7, 11) is 3.43. The van der Waals surface area contributed by atoms with Gasteiger partial charge in [-0.25, -0.2) is 4.98 Å². The third-order valence-corrected chi connectivity index (χ3v) is 2.29. The minimum Gasteiger partial charge on any atom is -0.345 e. The number of carbonyl (C=O) groups excluding carboxylic acids is 1. The largest absolute Gasteiger partial charge is 0.345 e. The molecule has 1 aromatic carbocycles. The highest BCUT2D eigenvalue weighted by Gasteiger charge is 2.09. The molecule has 0 fully saturated rings. The quantitative estimate of drug-likeness (QED) is 0.803. The number of nitrogens with one attached hydrogen (secondary N) is 1. The molecule has 1 N–H and O–H groups in total. The average molecular weight is 224 g/mol. The summed E-state index contributed by atoms with van der Waals surface area (Å²) >= 11 is 5.72. The number of aromatic nitrogens is 2. The van der Waals surface area contributed by atoms with Crippen molar-refractivity contribution in [1.82, 2.24) is 14.9 Å². The molecule has 0 unspecified atom stereocenters. The third-order valence-electron chi connectivity index (χ3n) is 2.11. The van der Waals surface area contributed by atoms with Crippen LogP contribution in [0, 0.1) is 0 Å². The van der Waals surface area contributed by atoms with Gasteiger partial charge in [0.05, 0.1) is 11.0 Å². The first-order valence-corrected chi connectivity index (χ1v) is 4.82. The third kappa shape index (κ3) is 1.80. The molecule has 1 aromatic heterocycles. The molecule has 0 aliphatic carbocycles. The van der Waals surface area contributed by atoms with Crippen LogP contribution in [0.15, 0.2) is 18.2 Å². The lowest BCUT2D eigenvalue weighted by molar-refractivity contribution is 0.0828. The second-order valence-electron chi connectivity index (χ2n) is 3.46. The van der Waals surface area contributed by atoms with Crippen LogP contribution in [0.1, 0.15) is 10.4 Å². The maximum absolute atomic E-state index is 11.7. The van der Waals surface area contributed by atoms with E-state index in [1.54, 1.807) is 32.3 Å². The van der Waals surface area contributed by atoms with Gasteiger partial charge in [-0.2, -0.15) is 0 Å². The van der Waals surface area contributed by atoms with E-state index in [9.17, 15) is 4.79 Å². The Balaban J connectivity index is 2.51. The first-order valence-electron chi connectivity index (χ1n) is 4.45. The normalized spacial score (nSPS) is 10.6. The topological polar surface area (TPSA) is 49.0 Å². The van der Waals surface area contributed by atoms with E-state index in [0.29, 0.717) is 10.8 Å². The van der Waals surface area contributed by atoms with Gasteiger partial charge in [0, 0.05) is 19.7 Å². The fraction of sp³-hybridized carbons (Fsp3) is 0.200. The van der Waals surface area contributed by atoms with Crippen LogP contribution >= 0.6 is 11.6 Å². The van der Waals surface area contributed by atoms with Gasteiger partial charge in [0.2, 0.25) is 5.28 Å². The first kappa shape index (κ1) is 9.98. The number of nitrogens with zero attached hydrogens (tertiary/aromatic N) is 2. The number of imidazole rings is 1. The highest BCUT2D eigenvalue weighted by Crippen LogP contribution is 2.16. The Labute approximate surface area is 91.9 Å². The molecule has 0 saturated heterocycles. The van der Waals surface area contributed by atoms with E-state index in [4.69, 9.17) is 11.6 Å². The van der Waals surface area contributed by atoms with Crippen LogP contribution in [0.2, 0.25) is 5.28 Å². The number of benzene rings is 1. The van der Waals surface area contributed by atoms with Crippen molar-refractivity contribution < 1.29 is 4.79 Å². The summed E-state index contributed by atoms with van der Waals surface area (Å²) in [4.78, 5) is 20.1. The number of aromatic amines is 1. The molecule has 78 valence electrons. The summed E-state index contributed by atoms with van der Waals surface area (Å²) < 4.78 is 0. The number of hydrogen-bond donors (Lipinski definition) is 1. The van der Waals surface area contributed by atoms with E-state index in [2.05, 4.69) is 9.97 Å². The average Bonchev–Trinajstić information content (AvgIpc) is 2.55. The van der Waals surface area contributed by atoms with Crippen LogP contribution in [0.25, 0.3) is 11.0 Å². The Morgan fingerprint density at radius 2 is 2.20 bits per heavy atom. The number of H-pyrrole nitrogens is 1. The number of hydrogen-bond acceptors (Lipinski definition) is 2. The molecular formula is C10H10ClN3O. The summed E-state index contributed by atoms with van der Waals surface area (Å²) in [5, 5.41) is 0.333. The molecule has 0 saturated carbocycles. The van der Waals surface area contributed by atoms with E-state index in [0.717, 1.165) is 11.0 Å². The van der Waals surface area contributed by atoms with Gasteiger partial charge in [-0.1, -0.05) is 0 Å². The zero-order chi connectivity index (χ0) is 11.0. The number of rotatable bonds is 1. The van der Waals surface area contributed by atoms with Crippen molar-refractivity contribution in [3.8, 4) is 0 Å². The fourth-order valence-electron chi connectivity index (χ4n) is 1.37. The molecule has 0 spiro atoms. The Kier molecular flexibility index (Phi) is 2.36. The monoisotopic (exact) mass is 223 g/mol. The van der Waals surface area contributed by atoms with Crippen molar-refractivity contribution in [2.45, 2.75) is 0 Å². The van der Waals surface area contributed by atoms with Gasteiger partial charge in [0.1, 0.15) is 0 Å². The second-order valence-corrected chi connectivity index (χ2v) is 3.82. The molecule has 2 aromatic rings. The summed E-state index contributed by atoms with van der Waals surface area (Å²) in [6.45, 7) is 0. The standard InChI is InChI=1S/C10H10ClN3O/c1-14(2)9(15)6-3-4-7-8(5-6)13-10(11)12-7/h3-5H,1-2H3,(H,12,13). The van der Waals surface area contributed by atoms with E-state index in [1.807, 2.05) is 0 Å². The molecule has 2 rings (SSSR count). The minimum absolute atomic E-state index is 0.0392. The number of fused-ring (bicyclic) bond motifs is 1. The molecule has 0 bridgehead atoms. The maximum Gasteiger partial charge on any atom is 0.253 e. The summed E-state index contributed by atoms with van der Waals surface area (Å²) in [5.74, 6) is -0.0392. The van der Waals surface area contributed by atoms with Crippen LogP contribution in [0.4, 0.5) is 0 Å². The molecule has 0 aliphatic rings. The van der Waals surface area contributed by atoms with Crippen molar-refractivity contribution in [1.29, 1.82) is 0 Å². The lowest BCUT2D eigenvalue weighted by atomic mass is 10.2. The van der Waals surface area contributed by atoms with Crippen LogP contribution < -0.4 is 0 Å². The fourth-order valence-corrected chi connectivity index (χ4v) is 1.56. The zero-order valence-electron chi connectivity index (χ0n) is 8.41. The smallest absolute Gasteiger partial charge is 0.253 e. The molecule has 5 heteroatoms. The second kappa shape index (κ2) is 3.55. The minimum atomic E-state index is -0.0392. The summed E-state index contributed by atoms with van der Waals surface area (Å²) in [5.41, 5.74) is 2.15. The molecule has 0 atom stereocenters. The van der Waals surface area contributed by atoms with Crippen LogP contribution in [0.3, 0.4) is 0 Å². The van der Waals surface area contributed by atoms with Gasteiger partial charge in [-0.3, -0.25) is 4.79 Å². The van der Waals surface area contributed by atoms with Crippen molar-refractivity contribution in [3.05, 3.63) is 29.0 Å². The maximum atomic E-state index is 11.7. The Bertz CT molecular complexity index is 518. The lowest BCUT2D eigenvalue weighted by Crippen LogP contribution is -2.21. The molecule has 1 heterocycles. The van der Waals surface area contributed by atoms with Gasteiger partial charge in [0.25, 0.3) is 5.91 Å². The summed E-state index contributed by atoms with van der Waals surface area (Å²) in [6.07, 6.45) is 0. The number of amides is 1. The van der Waals surface area contributed by atoms with E-state index in [-0.39, 0.29) is 5.91 Å². The predicted octanol–water partition coefficient (Wildman–Crippen LogP) is 1.92. The van der Waals surface area contributed by atoms with Gasteiger partial charge >= 0.3 is 0 Å². The van der Waals surface area contributed by atoms with Crippen LogP contribution in [-0.2, 0) is 0 Å². The Morgan fingerprint density at radius 3 is 2.87 bits per heavy atom. The predicted molar refractivity (Wildman–Crippen MR) is 59.1 cm³/mol. The SMILES string of the molecule is CN(C)C(=O)c1ccc2nc(Cl)[nH]c2c1. The molecule has 1 amide bonds. The molecule has 0 radical (unpaired) electrons. The van der Waals surface area contributed by atoms with Crippen molar-refractivity contribution in [2.24, 2.45) is 0 Å². The molecular weight excluding hydrogens is 214 g/mol. The first-order chi connectivity index (χ1) is 7.08. The molecule has 4 nitrogen and oxygen atoms in total. The van der Waals surface area contributed by atoms with E-state index < -0.39 is 0 Å².